The summed E-state index contributed by atoms with van der Waals surface area (Å²) in [6.45, 7) is 4.10. The lowest BCUT2D eigenvalue weighted by molar-refractivity contribution is -0.141. The predicted octanol–water partition coefficient (Wildman–Crippen LogP) is 2.05. The second kappa shape index (κ2) is 4.80. The van der Waals surface area contributed by atoms with Crippen LogP contribution in [0, 0.1) is 5.41 Å². The fourth-order valence-electron chi connectivity index (χ4n) is 3.31. The molecule has 5 heteroatoms. The van der Waals surface area contributed by atoms with Crippen molar-refractivity contribution in [1.82, 2.24) is 4.90 Å². The number of aliphatic carboxylic acids is 1. The molecular weight excluding hydrogens is 308 g/mol. The molecule has 19 heavy (non-hydrogen) atoms. The summed E-state index contributed by atoms with van der Waals surface area (Å²) >= 11 is 3.60. The Morgan fingerprint density at radius 3 is 2.74 bits per heavy atom. The number of hydrogen-bond donors (Lipinski definition) is 1. The van der Waals surface area contributed by atoms with E-state index < -0.39 is 5.97 Å². The summed E-state index contributed by atoms with van der Waals surface area (Å²) in [5, 5.41) is 8.79. The fraction of sp³-hybridized carbons (Fsp3) is 0.500. The van der Waals surface area contributed by atoms with Crippen LogP contribution in [-0.2, 0) is 4.79 Å². The van der Waals surface area contributed by atoms with Crippen LogP contribution in [0.5, 0.6) is 0 Å². The summed E-state index contributed by atoms with van der Waals surface area (Å²) in [6.07, 6.45) is 1.16. The number of anilines is 1. The molecule has 2 aliphatic rings. The van der Waals surface area contributed by atoms with Gasteiger partial charge in [-0.25, -0.2) is 0 Å². The van der Waals surface area contributed by atoms with Crippen LogP contribution >= 0.6 is 15.9 Å². The van der Waals surface area contributed by atoms with Crippen LogP contribution in [0.2, 0.25) is 0 Å². The Morgan fingerprint density at radius 1 is 1.32 bits per heavy atom. The number of carboxylic acid groups (broad SMARTS) is 1. The number of likely N-dealkylation sites (tertiary alicyclic amines) is 1. The topological polar surface area (TPSA) is 43.8 Å². The van der Waals surface area contributed by atoms with E-state index in [0.717, 1.165) is 37.1 Å². The van der Waals surface area contributed by atoms with Crippen molar-refractivity contribution in [2.24, 2.45) is 5.41 Å². The van der Waals surface area contributed by atoms with Crippen LogP contribution in [0.4, 0.5) is 5.69 Å². The Bertz CT molecular complexity index is 500. The third-order valence-electron chi connectivity index (χ3n) is 4.11. The minimum absolute atomic E-state index is 0.177. The van der Waals surface area contributed by atoms with Crippen molar-refractivity contribution < 1.29 is 9.90 Å². The van der Waals surface area contributed by atoms with Gasteiger partial charge in [0, 0.05) is 36.1 Å². The van der Waals surface area contributed by atoms with Crippen molar-refractivity contribution in [3.05, 3.63) is 28.7 Å². The van der Waals surface area contributed by atoms with Gasteiger partial charge in [-0.2, -0.15) is 0 Å². The number of carbonyl (C=O) groups is 1. The lowest BCUT2D eigenvalue weighted by Crippen LogP contribution is -2.58. The Balaban J connectivity index is 1.63. The molecule has 102 valence electrons. The molecule has 2 saturated heterocycles. The maximum atomic E-state index is 10.7. The van der Waals surface area contributed by atoms with Gasteiger partial charge in [-0.3, -0.25) is 9.69 Å². The second-order valence-corrected chi connectivity index (χ2v) is 6.52. The zero-order chi connectivity index (χ0) is 13.5. The highest BCUT2D eigenvalue weighted by Gasteiger charge is 2.48. The van der Waals surface area contributed by atoms with Gasteiger partial charge in [-0.15, -0.1) is 0 Å². The number of benzene rings is 1. The van der Waals surface area contributed by atoms with Crippen LogP contribution in [-0.4, -0.2) is 48.7 Å². The molecule has 0 radical (unpaired) electrons. The Morgan fingerprint density at radius 2 is 2.05 bits per heavy atom. The molecule has 2 heterocycles. The maximum absolute atomic E-state index is 10.7. The first-order valence-corrected chi connectivity index (χ1v) is 7.31. The van der Waals surface area contributed by atoms with Gasteiger partial charge in [0.25, 0.3) is 0 Å². The van der Waals surface area contributed by atoms with Crippen molar-refractivity contribution in [3.8, 4) is 0 Å². The molecular formula is C14H17BrN2O2. The van der Waals surface area contributed by atoms with Gasteiger partial charge in [-0.05, 0) is 34.5 Å². The normalized spacial score (nSPS) is 21.6. The highest BCUT2D eigenvalue weighted by Crippen LogP contribution is 2.42. The second-order valence-electron chi connectivity index (χ2n) is 5.66. The molecule has 1 N–H and O–H groups in total. The van der Waals surface area contributed by atoms with Gasteiger partial charge >= 0.3 is 5.97 Å². The Kier molecular flexibility index (Phi) is 3.27. The molecule has 1 aromatic carbocycles. The zero-order valence-corrected chi connectivity index (χ0v) is 12.3. The highest BCUT2D eigenvalue weighted by molar-refractivity contribution is 9.10. The van der Waals surface area contributed by atoms with Crippen molar-refractivity contribution >= 4 is 27.6 Å². The molecule has 2 fully saturated rings. The van der Waals surface area contributed by atoms with Crippen molar-refractivity contribution in [2.75, 3.05) is 37.6 Å². The number of carboxylic acids is 1. The van der Waals surface area contributed by atoms with Gasteiger partial charge in [0.2, 0.25) is 0 Å². The lowest BCUT2D eigenvalue weighted by atomic mass is 9.79. The van der Waals surface area contributed by atoms with Gasteiger partial charge in [0.1, 0.15) is 0 Å². The molecule has 1 aromatic rings. The third-order valence-corrected chi connectivity index (χ3v) is 4.78. The average Bonchev–Trinajstić information content (AvgIpc) is 2.73. The zero-order valence-electron chi connectivity index (χ0n) is 10.7. The van der Waals surface area contributed by atoms with Gasteiger partial charge in [-0.1, -0.05) is 12.1 Å². The molecule has 2 aliphatic heterocycles. The molecule has 3 rings (SSSR count). The number of para-hydroxylation sites is 1. The molecule has 0 atom stereocenters. The smallest absolute Gasteiger partial charge is 0.317 e. The molecule has 0 aromatic heterocycles. The summed E-state index contributed by atoms with van der Waals surface area (Å²) in [6, 6.07) is 8.29. The highest BCUT2D eigenvalue weighted by atomic mass is 79.9. The van der Waals surface area contributed by atoms with Crippen molar-refractivity contribution in [3.63, 3.8) is 0 Å². The summed E-state index contributed by atoms with van der Waals surface area (Å²) in [7, 11) is 0. The van der Waals surface area contributed by atoms with Crippen LogP contribution < -0.4 is 4.90 Å². The van der Waals surface area contributed by atoms with E-state index >= 15 is 0 Å². The molecule has 0 unspecified atom stereocenters. The van der Waals surface area contributed by atoms with Crippen molar-refractivity contribution in [2.45, 2.75) is 6.42 Å². The Labute approximate surface area is 121 Å². The Hall–Kier alpha value is -1.07. The van der Waals surface area contributed by atoms with Gasteiger partial charge in [0.05, 0.1) is 12.2 Å². The maximum Gasteiger partial charge on any atom is 0.317 e. The van der Waals surface area contributed by atoms with Crippen LogP contribution in [0.1, 0.15) is 6.42 Å². The first-order valence-electron chi connectivity index (χ1n) is 6.52. The quantitative estimate of drug-likeness (QED) is 0.924. The van der Waals surface area contributed by atoms with E-state index in [1.807, 2.05) is 11.0 Å². The summed E-state index contributed by atoms with van der Waals surface area (Å²) in [4.78, 5) is 15.1. The third kappa shape index (κ3) is 2.49. The van der Waals surface area contributed by atoms with E-state index in [0.29, 0.717) is 5.41 Å². The molecule has 0 aliphatic carbocycles. The first-order chi connectivity index (χ1) is 9.08. The molecule has 1 spiro atoms. The van der Waals surface area contributed by atoms with E-state index in [4.69, 9.17) is 5.11 Å². The minimum atomic E-state index is -0.726. The van der Waals surface area contributed by atoms with Gasteiger partial charge < -0.3 is 10.0 Å². The monoisotopic (exact) mass is 324 g/mol. The van der Waals surface area contributed by atoms with Crippen LogP contribution in [0.3, 0.4) is 0 Å². The largest absolute Gasteiger partial charge is 0.480 e. The van der Waals surface area contributed by atoms with Crippen LogP contribution in [0.15, 0.2) is 28.7 Å². The summed E-state index contributed by atoms with van der Waals surface area (Å²) < 4.78 is 1.13. The average molecular weight is 325 g/mol. The first kappa shape index (κ1) is 12.9. The van der Waals surface area contributed by atoms with Gasteiger partial charge in [0.15, 0.2) is 0 Å². The predicted molar refractivity (Wildman–Crippen MR) is 77.5 cm³/mol. The number of halogens is 1. The van der Waals surface area contributed by atoms with Crippen molar-refractivity contribution in [1.29, 1.82) is 0 Å². The number of hydrogen-bond acceptors (Lipinski definition) is 3. The molecule has 4 nitrogen and oxygen atoms in total. The summed E-state index contributed by atoms with van der Waals surface area (Å²) in [5.41, 5.74) is 1.56. The molecule has 0 saturated carbocycles. The standard InChI is InChI=1S/C14H17BrN2O2/c15-11-3-1-2-4-12(11)17-6-5-14(10-17)8-16(9-14)7-13(18)19/h1-4H,5-10H2,(H,18,19). The van der Waals surface area contributed by atoms with E-state index in [2.05, 4.69) is 39.0 Å². The minimum Gasteiger partial charge on any atom is -0.480 e. The number of rotatable bonds is 3. The summed E-state index contributed by atoms with van der Waals surface area (Å²) in [5.74, 6) is -0.726. The number of nitrogens with zero attached hydrogens (tertiary/aromatic N) is 2. The van der Waals surface area contributed by atoms with E-state index in [1.54, 1.807) is 0 Å². The van der Waals surface area contributed by atoms with E-state index in [1.165, 1.54) is 5.69 Å². The van der Waals surface area contributed by atoms with Crippen LogP contribution in [0.25, 0.3) is 0 Å². The molecule has 0 amide bonds. The van der Waals surface area contributed by atoms with E-state index in [-0.39, 0.29) is 6.54 Å². The SMILES string of the molecule is O=C(O)CN1CC2(CCN(c3ccccc3Br)C2)C1. The fourth-order valence-corrected chi connectivity index (χ4v) is 3.85. The van der Waals surface area contributed by atoms with E-state index in [9.17, 15) is 4.79 Å². The lowest BCUT2D eigenvalue weighted by Gasteiger charge is -2.47. The molecule has 0 bridgehead atoms.